The van der Waals surface area contributed by atoms with Gasteiger partial charge in [0.25, 0.3) is 0 Å². The van der Waals surface area contributed by atoms with Gasteiger partial charge >= 0.3 is 12.1 Å². The van der Waals surface area contributed by atoms with Crippen LogP contribution in [0.1, 0.15) is 26.2 Å². The van der Waals surface area contributed by atoms with Gasteiger partial charge in [-0.2, -0.15) is 0 Å². The van der Waals surface area contributed by atoms with Gasteiger partial charge in [-0.15, -0.1) is 0 Å². The summed E-state index contributed by atoms with van der Waals surface area (Å²) in [5, 5.41) is 0. The van der Waals surface area contributed by atoms with Crippen LogP contribution in [0.3, 0.4) is 0 Å². The van der Waals surface area contributed by atoms with E-state index in [-0.39, 0.29) is 12.4 Å². The summed E-state index contributed by atoms with van der Waals surface area (Å²) in [5.41, 5.74) is 0. The number of carbonyl (C=O) groups is 3. The third-order valence-electron chi connectivity index (χ3n) is 2.30. The Bertz CT molecular complexity index is 267. The van der Waals surface area contributed by atoms with Gasteiger partial charge in [-0.05, 0) is 19.8 Å². The van der Waals surface area contributed by atoms with Gasteiger partial charge in [0.1, 0.15) is 6.29 Å². The molecule has 17 heavy (non-hydrogen) atoms. The van der Waals surface area contributed by atoms with Crippen molar-refractivity contribution in [1.82, 2.24) is 4.90 Å². The summed E-state index contributed by atoms with van der Waals surface area (Å²) in [7, 11) is 2.73. The maximum absolute atomic E-state index is 11.2. The van der Waals surface area contributed by atoms with Gasteiger partial charge in [0.15, 0.2) is 0 Å². The quantitative estimate of drug-likeness (QED) is 0.494. The topological polar surface area (TPSA) is 72.9 Å². The number of hydrogen-bond acceptors (Lipinski definition) is 5. The van der Waals surface area contributed by atoms with E-state index >= 15 is 0 Å². The van der Waals surface area contributed by atoms with Gasteiger partial charge in [0, 0.05) is 13.5 Å². The van der Waals surface area contributed by atoms with Crippen LogP contribution < -0.4 is 0 Å². The molecule has 0 aliphatic carbocycles. The Labute approximate surface area is 101 Å². The minimum absolute atomic E-state index is 0.243. The van der Waals surface area contributed by atoms with Crippen molar-refractivity contribution in [3.8, 4) is 0 Å². The standard InChI is InChI=1S/C11H19NO5/c1-4-17-10(14)7-5-6-9(8-13)12(2)11(15)16-3/h8-9H,4-7H2,1-3H3/t9-/m0/s1. The van der Waals surface area contributed by atoms with Crippen molar-refractivity contribution >= 4 is 18.3 Å². The molecule has 0 bridgehead atoms. The molecule has 0 aromatic carbocycles. The fraction of sp³-hybridized carbons (Fsp3) is 0.727. The molecule has 0 unspecified atom stereocenters. The lowest BCUT2D eigenvalue weighted by atomic mass is 10.1. The number of nitrogens with zero attached hydrogens (tertiary/aromatic N) is 1. The highest BCUT2D eigenvalue weighted by molar-refractivity contribution is 5.73. The van der Waals surface area contributed by atoms with Crippen LogP contribution in [0.2, 0.25) is 0 Å². The summed E-state index contributed by atoms with van der Waals surface area (Å²) in [4.78, 5) is 34.2. The van der Waals surface area contributed by atoms with E-state index in [0.29, 0.717) is 25.7 Å². The lowest BCUT2D eigenvalue weighted by Crippen LogP contribution is -2.38. The summed E-state index contributed by atoms with van der Waals surface area (Å²) in [6.07, 6.45) is 1.24. The number of carbonyl (C=O) groups excluding carboxylic acids is 3. The van der Waals surface area contributed by atoms with Gasteiger partial charge in [-0.1, -0.05) is 0 Å². The first kappa shape index (κ1) is 15.4. The molecule has 0 aromatic heterocycles. The predicted molar refractivity (Wildman–Crippen MR) is 60.5 cm³/mol. The van der Waals surface area contributed by atoms with Crippen molar-refractivity contribution in [3.05, 3.63) is 0 Å². The number of rotatable bonds is 7. The van der Waals surface area contributed by atoms with Crippen molar-refractivity contribution < 1.29 is 23.9 Å². The van der Waals surface area contributed by atoms with E-state index in [0.717, 1.165) is 0 Å². The number of amides is 1. The maximum Gasteiger partial charge on any atom is 0.409 e. The number of hydrogen-bond donors (Lipinski definition) is 0. The molecule has 0 saturated carbocycles. The second kappa shape index (κ2) is 8.55. The third kappa shape index (κ3) is 5.89. The monoisotopic (exact) mass is 245 g/mol. The molecule has 0 rings (SSSR count). The Hall–Kier alpha value is -1.59. The van der Waals surface area contributed by atoms with Gasteiger partial charge in [-0.3, -0.25) is 4.79 Å². The van der Waals surface area contributed by atoms with E-state index in [1.807, 2.05) is 0 Å². The van der Waals surface area contributed by atoms with Crippen LogP contribution >= 0.6 is 0 Å². The molecule has 0 spiro atoms. The van der Waals surface area contributed by atoms with E-state index in [1.54, 1.807) is 6.92 Å². The largest absolute Gasteiger partial charge is 0.466 e. The molecule has 0 fully saturated rings. The highest BCUT2D eigenvalue weighted by Gasteiger charge is 2.19. The molecule has 1 amide bonds. The van der Waals surface area contributed by atoms with Crippen LogP contribution in [-0.2, 0) is 19.1 Å². The molecule has 6 nitrogen and oxygen atoms in total. The fourth-order valence-corrected chi connectivity index (χ4v) is 1.32. The van der Waals surface area contributed by atoms with Crippen LogP contribution in [0.5, 0.6) is 0 Å². The van der Waals surface area contributed by atoms with E-state index in [2.05, 4.69) is 4.74 Å². The molecule has 0 N–H and O–H groups in total. The first-order chi connectivity index (χ1) is 8.06. The zero-order chi connectivity index (χ0) is 13.3. The van der Waals surface area contributed by atoms with Crippen LogP contribution in [-0.4, -0.2) is 50.1 Å². The Morgan fingerprint density at radius 3 is 2.53 bits per heavy atom. The zero-order valence-electron chi connectivity index (χ0n) is 10.5. The first-order valence-electron chi connectivity index (χ1n) is 5.48. The van der Waals surface area contributed by atoms with Crippen LogP contribution in [0.4, 0.5) is 4.79 Å². The molecular weight excluding hydrogens is 226 g/mol. The molecule has 0 radical (unpaired) electrons. The summed E-state index contributed by atoms with van der Waals surface area (Å²) in [6.45, 7) is 2.08. The minimum Gasteiger partial charge on any atom is -0.466 e. The number of methoxy groups -OCH3 is 1. The highest BCUT2D eigenvalue weighted by atomic mass is 16.5. The average molecular weight is 245 g/mol. The molecule has 6 heteroatoms. The van der Waals surface area contributed by atoms with Gasteiger partial charge in [0.05, 0.1) is 19.8 Å². The van der Waals surface area contributed by atoms with Crippen molar-refractivity contribution in [3.63, 3.8) is 0 Å². The maximum atomic E-state index is 11.2. The van der Waals surface area contributed by atoms with Crippen LogP contribution in [0, 0.1) is 0 Å². The van der Waals surface area contributed by atoms with E-state index in [4.69, 9.17) is 4.74 Å². The predicted octanol–water partition coefficient (Wildman–Crippen LogP) is 0.986. The average Bonchev–Trinajstić information content (AvgIpc) is 2.33. The Kier molecular flexibility index (Phi) is 7.75. The lowest BCUT2D eigenvalue weighted by molar-refractivity contribution is -0.143. The van der Waals surface area contributed by atoms with E-state index < -0.39 is 12.1 Å². The van der Waals surface area contributed by atoms with Gasteiger partial charge < -0.3 is 19.2 Å². The Morgan fingerprint density at radius 2 is 2.06 bits per heavy atom. The third-order valence-corrected chi connectivity index (χ3v) is 2.30. The summed E-state index contributed by atoms with van der Waals surface area (Å²) < 4.78 is 9.25. The molecule has 1 atom stereocenters. The molecule has 0 aliphatic rings. The fourth-order valence-electron chi connectivity index (χ4n) is 1.32. The second-order valence-corrected chi connectivity index (χ2v) is 3.48. The van der Waals surface area contributed by atoms with Crippen molar-refractivity contribution in [1.29, 1.82) is 0 Å². The minimum atomic E-state index is -0.572. The van der Waals surface area contributed by atoms with Crippen LogP contribution in [0.25, 0.3) is 0 Å². The van der Waals surface area contributed by atoms with Crippen molar-refractivity contribution in [2.45, 2.75) is 32.2 Å². The second-order valence-electron chi connectivity index (χ2n) is 3.48. The van der Waals surface area contributed by atoms with Gasteiger partial charge in [-0.25, -0.2) is 4.79 Å². The molecule has 0 aromatic rings. The molecule has 0 heterocycles. The summed E-state index contributed by atoms with van der Waals surface area (Å²) in [6, 6.07) is -0.572. The first-order valence-corrected chi connectivity index (χ1v) is 5.48. The smallest absolute Gasteiger partial charge is 0.409 e. The number of ether oxygens (including phenoxy) is 2. The number of aldehydes is 1. The normalized spacial score (nSPS) is 11.5. The molecule has 98 valence electrons. The zero-order valence-corrected chi connectivity index (χ0v) is 10.5. The summed E-state index contributed by atoms with van der Waals surface area (Å²) in [5.74, 6) is -0.294. The van der Waals surface area contributed by atoms with Gasteiger partial charge in [0.2, 0.25) is 0 Å². The Morgan fingerprint density at radius 1 is 1.41 bits per heavy atom. The lowest BCUT2D eigenvalue weighted by Gasteiger charge is -2.21. The molecular formula is C11H19NO5. The molecule has 0 saturated heterocycles. The number of esters is 1. The highest BCUT2D eigenvalue weighted by Crippen LogP contribution is 2.07. The Balaban J connectivity index is 4.02. The molecule has 0 aliphatic heterocycles. The number of likely N-dealkylation sites (N-methyl/N-ethyl adjacent to an activating group) is 1. The van der Waals surface area contributed by atoms with E-state index in [9.17, 15) is 14.4 Å². The van der Waals surface area contributed by atoms with Crippen LogP contribution in [0.15, 0.2) is 0 Å². The van der Waals surface area contributed by atoms with Crippen molar-refractivity contribution in [2.24, 2.45) is 0 Å². The van der Waals surface area contributed by atoms with Crippen molar-refractivity contribution in [2.75, 3.05) is 20.8 Å². The van der Waals surface area contributed by atoms with E-state index in [1.165, 1.54) is 19.1 Å². The SMILES string of the molecule is CCOC(=O)CCC[C@@H](C=O)N(C)C(=O)OC. The summed E-state index contributed by atoms with van der Waals surface area (Å²) >= 11 is 0.